The average Bonchev–Trinajstić information content (AvgIpc) is 3.56. The first-order chi connectivity index (χ1) is 15.3. The van der Waals surface area contributed by atoms with Gasteiger partial charge in [-0.15, -0.1) is 11.3 Å². The third-order valence-electron chi connectivity index (χ3n) is 5.88. The van der Waals surface area contributed by atoms with Crippen molar-refractivity contribution in [2.24, 2.45) is 0 Å². The van der Waals surface area contributed by atoms with Gasteiger partial charge < -0.3 is 15.0 Å². The fourth-order valence-electron chi connectivity index (χ4n) is 4.22. The van der Waals surface area contributed by atoms with Gasteiger partial charge in [-0.2, -0.15) is 4.98 Å². The third-order valence-corrected chi connectivity index (χ3v) is 6.67. The number of nitrogens with one attached hydrogen (secondary N) is 1. The van der Waals surface area contributed by atoms with Crippen molar-refractivity contribution in [3.63, 3.8) is 0 Å². The van der Waals surface area contributed by atoms with Gasteiger partial charge in [0.15, 0.2) is 0 Å². The van der Waals surface area contributed by atoms with Crippen LogP contribution in [0.1, 0.15) is 31.2 Å². The molecule has 0 aliphatic carbocycles. The smallest absolute Gasteiger partial charge is 0.227 e. The number of methoxy groups -OCH3 is 1. The second kappa shape index (κ2) is 9.13. The Kier molecular flexibility index (Phi) is 5.92. The summed E-state index contributed by atoms with van der Waals surface area (Å²) in [4.78, 5) is 14.5. The summed E-state index contributed by atoms with van der Waals surface area (Å²) < 4.78 is 5.69. The van der Waals surface area contributed by atoms with E-state index >= 15 is 0 Å². The summed E-state index contributed by atoms with van der Waals surface area (Å²) in [5.74, 6) is 9.01. The van der Waals surface area contributed by atoms with Gasteiger partial charge >= 0.3 is 0 Å². The van der Waals surface area contributed by atoms with E-state index in [1.807, 2.05) is 18.2 Å². The minimum atomic E-state index is 0.758. The number of nitrogens with zero attached hydrogens (tertiary/aromatic N) is 4. The molecular weight excluding hydrogens is 406 g/mol. The number of likely N-dealkylation sites (tertiary alicyclic amines) is 1. The Bertz CT molecular complexity index is 1110. The summed E-state index contributed by atoms with van der Waals surface area (Å²) in [6.45, 7) is 5.10. The summed E-state index contributed by atoms with van der Waals surface area (Å²) in [7, 11) is 1.69. The van der Waals surface area contributed by atoms with Crippen LogP contribution in [0.4, 0.5) is 16.8 Å². The molecule has 2 aliphatic rings. The molecule has 0 amide bonds. The van der Waals surface area contributed by atoms with Gasteiger partial charge in [0.25, 0.3) is 0 Å². The Morgan fingerprint density at radius 2 is 1.90 bits per heavy atom. The highest BCUT2D eigenvalue weighted by atomic mass is 32.1. The first-order valence-corrected chi connectivity index (χ1v) is 11.8. The van der Waals surface area contributed by atoms with E-state index in [0.717, 1.165) is 71.7 Å². The highest BCUT2D eigenvalue weighted by molar-refractivity contribution is 7.14. The van der Waals surface area contributed by atoms with Crippen LogP contribution in [0.5, 0.6) is 5.75 Å². The van der Waals surface area contributed by atoms with E-state index in [2.05, 4.69) is 38.4 Å². The lowest BCUT2D eigenvalue weighted by Crippen LogP contribution is -2.21. The number of benzene rings is 1. The molecule has 5 rings (SSSR count). The van der Waals surface area contributed by atoms with E-state index in [9.17, 15) is 0 Å². The lowest BCUT2D eigenvalue weighted by atomic mass is 10.1. The molecule has 0 spiro atoms. The molecule has 0 saturated carbocycles. The molecule has 2 saturated heterocycles. The van der Waals surface area contributed by atoms with Gasteiger partial charge in [-0.3, -0.25) is 4.90 Å². The maximum atomic E-state index is 5.69. The summed E-state index contributed by atoms with van der Waals surface area (Å²) >= 11 is 1.66. The van der Waals surface area contributed by atoms with Crippen LogP contribution in [0.3, 0.4) is 0 Å². The maximum Gasteiger partial charge on any atom is 0.227 e. The Hall–Kier alpha value is -2.82. The fourth-order valence-corrected chi connectivity index (χ4v) is 4.83. The molecule has 7 heteroatoms. The summed E-state index contributed by atoms with van der Waals surface area (Å²) in [5, 5.41) is 7.54. The van der Waals surface area contributed by atoms with Gasteiger partial charge in [0, 0.05) is 18.5 Å². The van der Waals surface area contributed by atoms with Crippen LogP contribution >= 0.6 is 11.3 Å². The van der Waals surface area contributed by atoms with E-state index in [1.165, 1.54) is 25.7 Å². The number of thiophene rings is 1. The lowest BCUT2D eigenvalue weighted by Gasteiger charge is -2.18. The van der Waals surface area contributed by atoms with E-state index in [0.29, 0.717) is 0 Å². The standard InChI is InChI=1S/C24H27N5OS/c1-30-21-17-19-20(16-18(21)8-6-12-28-10-2-3-11-28)25-24(29-13-4-5-14-29)27-23(19)26-22-9-7-15-31-22/h7,9,15-17H,2-5,10-14H2,1H3,(H,25,26,27). The van der Waals surface area contributed by atoms with Gasteiger partial charge in [-0.25, -0.2) is 4.98 Å². The van der Waals surface area contributed by atoms with Crippen molar-refractivity contribution in [3.05, 3.63) is 35.2 Å². The number of fused-ring (bicyclic) bond motifs is 1. The normalized spacial score (nSPS) is 16.5. The molecule has 0 atom stereocenters. The molecule has 160 valence electrons. The fraction of sp³-hybridized carbons (Fsp3) is 0.417. The zero-order valence-electron chi connectivity index (χ0n) is 17.9. The van der Waals surface area contributed by atoms with Gasteiger partial charge in [0.05, 0.1) is 29.7 Å². The number of rotatable bonds is 5. The Balaban J connectivity index is 1.55. The minimum Gasteiger partial charge on any atom is -0.495 e. The Morgan fingerprint density at radius 1 is 1.10 bits per heavy atom. The van der Waals surface area contributed by atoms with Gasteiger partial charge in [0.1, 0.15) is 11.6 Å². The molecular formula is C24H27N5OS. The van der Waals surface area contributed by atoms with Crippen LogP contribution in [0, 0.1) is 11.8 Å². The highest BCUT2D eigenvalue weighted by Gasteiger charge is 2.19. The average molecular weight is 434 g/mol. The molecule has 0 unspecified atom stereocenters. The molecule has 1 N–H and O–H groups in total. The molecule has 2 aliphatic heterocycles. The summed E-state index contributed by atoms with van der Waals surface area (Å²) in [5.41, 5.74) is 1.77. The van der Waals surface area contributed by atoms with Gasteiger partial charge in [-0.05, 0) is 68.4 Å². The topological polar surface area (TPSA) is 53.5 Å². The molecule has 31 heavy (non-hydrogen) atoms. The van der Waals surface area contributed by atoms with Crippen LogP contribution in [0.2, 0.25) is 0 Å². The first-order valence-electron chi connectivity index (χ1n) is 11.0. The molecule has 3 aromatic rings. The molecule has 0 radical (unpaired) electrons. The summed E-state index contributed by atoms with van der Waals surface area (Å²) in [6.07, 6.45) is 4.92. The lowest BCUT2D eigenvalue weighted by molar-refractivity contribution is 0.383. The number of aromatic nitrogens is 2. The highest BCUT2D eigenvalue weighted by Crippen LogP contribution is 2.33. The second-order valence-electron chi connectivity index (χ2n) is 8.02. The predicted molar refractivity (Wildman–Crippen MR) is 128 cm³/mol. The molecule has 0 bridgehead atoms. The van der Waals surface area contributed by atoms with Crippen LogP contribution in [0.15, 0.2) is 29.6 Å². The zero-order chi connectivity index (χ0) is 21.0. The van der Waals surface area contributed by atoms with Crippen molar-refractivity contribution in [1.82, 2.24) is 14.9 Å². The second-order valence-corrected chi connectivity index (χ2v) is 8.97. The van der Waals surface area contributed by atoms with Crippen molar-refractivity contribution in [1.29, 1.82) is 0 Å². The third kappa shape index (κ3) is 4.46. The van der Waals surface area contributed by atoms with Crippen LogP contribution < -0.4 is 15.0 Å². The number of ether oxygens (including phenoxy) is 1. The first kappa shape index (κ1) is 20.1. The van der Waals surface area contributed by atoms with Crippen molar-refractivity contribution < 1.29 is 4.74 Å². The van der Waals surface area contributed by atoms with Crippen LogP contribution in [-0.4, -0.2) is 54.7 Å². The van der Waals surface area contributed by atoms with E-state index in [1.54, 1.807) is 18.4 Å². The number of anilines is 3. The SMILES string of the molecule is COc1cc2c(Nc3cccs3)nc(N3CCCC3)nc2cc1C#CCN1CCCC1. The molecule has 2 aromatic heterocycles. The van der Waals surface area contributed by atoms with Crippen molar-refractivity contribution in [3.8, 4) is 17.6 Å². The Labute approximate surface area is 187 Å². The van der Waals surface area contributed by atoms with E-state index < -0.39 is 0 Å². The number of hydrogen-bond donors (Lipinski definition) is 1. The Morgan fingerprint density at radius 3 is 2.65 bits per heavy atom. The van der Waals surface area contributed by atoms with E-state index in [4.69, 9.17) is 14.7 Å². The van der Waals surface area contributed by atoms with E-state index in [-0.39, 0.29) is 0 Å². The minimum absolute atomic E-state index is 0.758. The number of hydrogen-bond acceptors (Lipinski definition) is 7. The van der Waals surface area contributed by atoms with Crippen LogP contribution in [0.25, 0.3) is 10.9 Å². The van der Waals surface area contributed by atoms with Crippen LogP contribution in [-0.2, 0) is 0 Å². The quantitative estimate of drug-likeness (QED) is 0.599. The molecule has 4 heterocycles. The summed E-state index contributed by atoms with van der Waals surface area (Å²) in [6, 6.07) is 8.15. The van der Waals surface area contributed by atoms with Gasteiger partial charge in [-0.1, -0.05) is 11.8 Å². The molecule has 2 fully saturated rings. The van der Waals surface area contributed by atoms with Crippen molar-refractivity contribution in [2.45, 2.75) is 25.7 Å². The molecule has 6 nitrogen and oxygen atoms in total. The molecule has 1 aromatic carbocycles. The maximum absolute atomic E-state index is 5.69. The largest absolute Gasteiger partial charge is 0.495 e. The predicted octanol–water partition coefficient (Wildman–Crippen LogP) is 4.49. The monoisotopic (exact) mass is 433 g/mol. The van der Waals surface area contributed by atoms with Crippen molar-refractivity contribution in [2.75, 3.05) is 50.1 Å². The van der Waals surface area contributed by atoms with Crippen molar-refractivity contribution >= 4 is 39.0 Å². The van der Waals surface area contributed by atoms with Gasteiger partial charge in [0.2, 0.25) is 5.95 Å². The zero-order valence-corrected chi connectivity index (χ0v) is 18.7.